The molecule has 0 bridgehead atoms. The first-order valence-electron chi connectivity index (χ1n) is 5.27. The van der Waals surface area contributed by atoms with Crippen LogP contribution in [0.3, 0.4) is 0 Å². The van der Waals surface area contributed by atoms with Gasteiger partial charge in [0.05, 0.1) is 7.11 Å². The largest absolute Gasteiger partial charge is 0.481 e. The van der Waals surface area contributed by atoms with Crippen LogP contribution >= 0.6 is 0 Å². The zero-order chi connectivity index (χ0) is 13.8. The van der Waals surface area contributed by atoms with Crippen LogP contribution in [0.25, 0.3) is 0 Å². The molecule has 1 aromatic rings. The predicted octanol–water partition coefficient (Wildman–Crippen LogP) is 1.12. The Morgan fingerprint density at radius 3 is 2.56 bits per heavy atom. The minimum Gasteiger partial charge on any atom is -0.481 e. The highest BCUT2D eigenvalue weighted by Gasteiger charge is 2.31. The number of nitrogens with two attached hydrogens (primary N) is 1. The lowest BCUT2D eigenvalue weighted by Gasteiger charge is -2.23. The number of aryl methyl sites for hydroxylation is 1. The van der Waals surface area contributed by atoms with Gasteiger partial charge in [0.2, 0.25) is 11.8 Å². The Bertz CT molecular complexity index is 397. The second-order valence-electron chi connectivity index (χ2n) is 3.68. The van der Waals surface area contributed by atoms with Crippen LogP contribution in [0.4, 0.5) is 19.1 Å². The molecule has 5 nitrogen and oxygen atoms in total. The summed E-state index contributed by atoms with van der Waals surface area (Å²) in [7, 11) is 1.39. The van der Waals surface area contributed by atoms with Crippen molar-refractivity contribution in [1.82, 2.24) is 9.97 Å². The van der Waals surface area contributed by atoms with E-state index in [-0.39, 0.29) is 24.9 Å². The summed E-state index contributed by atoms with van der Waals surface area (Å²) in [5.74, 6) is 0.191. The van der Waals surface area contributed by atoms with Gasteiger partial charge in [0.1, 0.15) is 6.54 Å². The van der Waals surface area contributed by atoms with Crippen molar-refractivity contribution in [3.63, 3.8) is 0 Å². The van der Waals surface area contributed by atoms with E-state index in [9.17, 15) is 13.2 Å². The molecule has 8 heteroatoms. The highest BCUT2D eigenvalue weighted by Crippen LogP contribution is 2.21. The van der Waals surface area contributed by atoms with Crippen molar-refractivity contribution in [2.24, 2.45) is 5.73 Å². The highest BCUT2D eigenvalue weighted by atomic mass is 19.4. The van der Waals surface area contributed by atoms with Crippen molar-refractivity contribution < 1.29 is 17.9 Å². The van der Waals surface area contributed by atoms with Crippen LogP contribution in [0.1, 0.15) is 5.69 Å². The predicted molar refractivity (Wildman–Crippen MR) is 60.6 cm³/mol. The number of anilines is 1. The number of alkyl halides is 3. The third kappa shape index (κ3) is 4.36. The fourth-order valence-electron chi connectivity index (χ4n) is 1.39. The molecule has 0 atom stereocenters. The molecule has 0 aliphatic carbocycles. The van der Waals surface area contributed by atoms with Gasteiger partial charge in [-0.2, -0.15) is 18.2 Å². The third-order valence-electron chi connectivity index (χ3n) is 2.08. The van der Waals surface area contributed by atoms with Crippen molar-refractivity contribution in [3.8, 4) is 5.88 Å². The number of methoxy groups -OCH3 is 1. The van der Waals surface area contributed by atoms with Crippen LogP contribution in [-0.4, -0.2) is 42.9 Å². The molecule has 102 valence electrons. The highest BCUT2D eigenvalue weighted by molar-refractivity contribution is 5.34. The smallest absolute Gasteiger partial charge is 0.406 e. The number of rotatable bonds is 5. The van der Waals surface area contributed by atoms with E-state index in [1.165, 1.54) is 13.2 Å². The first kappa shape index (κ1) is 14.5. The molecule has 2 N–H and O–H groups in total. The van der Waals surface area contributed by atoms with Crippen LogP contribution < -0.4 is 15.4 Å². The van der Waals surface area contributed by atoms with E-state index in [0.29, 0.717) is 5.69 Å². The van der Waals surface area contributed by atoms with Gasteiger partial charge < -0.3 is 15.4 Å². The topological polar surface area (TPSA) is 64.3 Å². The molecule has 0 saturated carbocycles. The number of nitrogens with zero attached hydrogens (tertiary/aromatic N) is 3. The summed E-state index contributed by atoms with van der Waals surface area (Å²) in [6, 6.07) is 1.54. The molecule has 18 heavy (non-hydrogen) atoms. The van der Waals surface area contributed by atoms with Gasteiger partial charge in [0.25, 0.3) is 0 Å². The maximum Gasteiger partial charge on any atom is 0.406 e. The van der Waals surface area contributed by atoms with Gasteiger partial charge in [0.15, 0.2) is 0 Å². The normalized spacial score (nSPS) is 11.4. The van der Waals surface area contributed by atoms with Gasteiger partial charge in [0, 0.05) is 24.8 Å². The second kappa shape index (κ2) is 5.85. The van der Waals surface area contributed by atoms with Crippen molar-refractivity contribution in [3.05, 3.63) is 11.8 Å². The summed E-state index contributed by atoms with van der Waals surface area (Å²) in [4.78, 5) is 8.84. The van der Waals surface area contributed by atoms with Gasteiger partial charge in [-0.3, -0.25) is 0 Å². The molecular weight excluding hydrogens is 249 g/mol. The van der Waals surface area contributed by atoms with E-state index in [4.69, 9.17) is 10.5 Å². The van der Waals surface area contributed by atoms with Gasteiger partial charge in [-0.1, -0.05) is 0 Å². The van der Waals surface area contributed by atoms with Gasteiger partial charge in [-0.15, -0.1) is 0 Å². The van der Waals surface area contributed by atoms with Crippen molar-refractivity contribution in [2.75, 3.05) is 31.6 Å². The molecule has 0 aromatic carbocycles. The number of hydrogen-bond acceptors (Lipinski definition) is 5. The average molecular weight is 264 g/mol. The monoisotopic (exact) mass is 264 g/mol. The second-order valence-corrected chi connectivity index (χ2v) is 3.68. The fourth-order valence-corrected chi connectivity index (χ4v) is 1.39. The van der Waals surface area contributed by atoms with Crippen LogP contribution in [-0.2, 0) is 0 Å². The fraction of sp³-hybridized carbons (Fsp3) is 0.600. The molecule has 0 saturated heterocycles. The van der Waals surface area contributed by atoms with Crippen molar-refractivity contribution in [2.45, 2.75) is 13.1 Å². The number of hydrogen-bond donors (Lipinski definition) is 1. The van der Waals surface area contributed by atoms with E-state index >= 15 is 0 Å². The quantitative estimate of drug-likeness (QED) is 0.863. The Morgan fingerprint density at radius 1 is 1.39 bits per heavy atom. The molecule has 0 aliphatic heterocycles. The number of halogens is 3. The lowest BCUT2D eigenvalue weighted by Crippen LogP contribution is -2.38. The Labute approximate surface area is 103 Å². The lowest BCUT2D eigenvalue weighted by atomic mass is 10.4. The Kier molecular flexibility index (Phi) is 4.71. The number of aromatic nitrogens is 2. The third-order valence-corrected chi connectivity index (χ3v) is 2.08. The minimum absolute atomic E-state index is 0.0200. The summed E-state index contributed by atoms with van der Waals surface area (Å²) in [6.45, 7) is 0.612. The average Bonchev–Trinajstić information content (AvgIpc) is 2.26. The molecule has 0 radical (unpaired) electrons. The van der Waals surface area contributed by atoms with E-state index in [2.05, 4.69) is 9.97 Å². The first-order valence-corrected chi connectivity index (χ1v) is 5.27. The summed E-state index contributed by atoms with van der Waals surface area (Å²) in [5.41, 5.74) is 5.83. The van der Waals surface area contributed by atoms with Crippen LogP contribution in [0.5, 0.6) is 5.88 Å². The maximum atomic E-state index is 12.4. The Hall–Kier alpha value is -1.57. The van der Waals surface area contributed by atoms with Crippen LogP contribution in [0.2, 0.25) is 0 Å². The Morgan fingerprint density at radius 2 is 2.06 bits per heavy atom. The summed E-state index contributed by atoms with van der Waals surface area (Å²) in [6.07, 6.45) is -4.34. The molecule has 1 aromatic heterocycles. The van der Waals surface area contributed by atoms with E-state index < -0.39 is 12.7 Å². The zero-order valence-electron chi connectivity index (χ0n) is 10.2. The lowest BCUT2D eigenvalue weighted by molar-refractivity contribution is -0.119. The number of ether oxygens (including phenoxy) is 1. The van der Waals surface area contributed by atoms with Gasteiger partial charge in [-0.25, -0.2) is 4.98 Å². The minimum atomic E-state index is -4.34. The summed E-state index contributed by atoms with van der Waals surface area (Å²) >= 11 is 0. The Balaban J connectivity index is 3.01. The molecule has 0 spiro atoms. The molecule has 0 aliphatic rings. The molecule has 1 heterocycles. The summed E-state index contributed by atoms with van der Waals surface area (Å²) in [5, 5.41) is 0. The van der Waals surface area contributed by atoms with Gasteiger partial charge >= 0.3 is 6.18 Å². The molecule has 0 fully saturated rings. The van der Waals surface area contributed by atoms with E-state index in [1.807, 2.05) is 0 Å². The van der Waals surface area contributed by atoms with E-state index in [1.54, 1.807) is 6.92 Å². The standard InChI is InChI=1S/C10H15F3N4O/c1-7-5-8(18-2)16-9(15-7)17(4-3-14)6-10(11,12)13/h5H,3-4,6,14H2,1-2H3. The SMILES string of the molecule is COc1cc(C)nc(N(CCN)CC(F)(F)F)n1. The maximum absolute atomic E-state index is 12.4. The zero-order valence-corrected chi connectivity index (χ0v) is 10.2. The van der Waals surface area contributed by atoms with Crippen LogP contribution in [0, 0.1) is 6.92 Å². The molecule has 0 amide bonds. The molecular formula is C10H15F3N4O. The first-order chi connectivity index (χ1) is 8.35. The summed E-state index contributed by atoms with van der Waals surface area (Å²) < 4.78 is 42.2. The van der Waals surface area contributed by atoms with Gasteiger partial charge in [-0.05, 0) is 6.92 Å². The molecule has 0 unspecified atom stereocenters. The van der Waals surface area contributed by atoms with Crippen molar-refractivity contribution >= 4 is 5.95 Å². The van der Waals surface area contributed by atoms with E-state index in [0.717, 1.165) is 4.90 Å². The molecule has 1 rings (SSSR count). The van der Waals surface area contributed by atoms with Crippen molar-refractivity contribution in [1.29, 1.82) is 0 Å². The van der Waals surface area contributed by atoms with Crippen LogP contribution in [0.15, 0.2) is 6.07 Å².